The Morgan fingerprint density at radius 3 is 2.36 bits per heavy atom. The molecule has 1 aliphatic rings. The van der Waals surface area contributed by atoms with E-state index in [1.54, 1.807) is 0 Å². The number of hydrogen-bond donors (Lipinski definition) is 0. The van der Waals surface area contributed by atoms with Gasteiger partial charge in [0.2, 0.25) is 16.3 Å². The molecular weight excluding hydrogens is 266 g/mol. The fourth-order valence-corrected chi connectivity index (χ4v) is 1.71. The summed E-state index contributed by atoms with van der Waals surface area (Å²) in [5, 5.41) is 8.44. The molecule has 1 aliphatic heterocycles. The Kier molecular flexibility index (Phi) is 3.36. The van der Waals surface area contributed by atoms with Crippen LogP contribution in [0.15, 0.2) is 10.9 Å². The van der Waals surface area contributed by atoms with E-state index in [0.29, 0.717) is 0 Å². The van der Waals surface area contributed by atoms with Gasteiger partial charge in [-0.25, -0.2) is 0 Å². The largest absolute Gasteiger partial charge is 0.318 e. The van der Waals surface area contributed by atoms with Gasteiger partial charge in [-0.3, -0.25) is 10.1 Å². The molecule has 80 valence electrons. The van der Waals surface area contributed by atoms with Crippen molar-refractivity contribution in [2.45, 2.75) is 11.1 Å². The summed E-state index contributed by atoms with van der Waals surface area (Å²) in [5.74, 6) is 0. The van der Waals surface area contributed by atoms with Gasteiger partial charge in [0.25, 0.3) is 0 Å². The SMILES string of the molecule is O=[N+]([O-])C1=C(Cl)N(F)C(Cl)N(F)C1Cl. The van der Waals surface area contributed by atoms with Gasteiger partial charge >= 0.3 is 5.70 Å². The molecule has 0 aliphatic carbocycles. The van der Waals surface area contributed by atoms with Crippen molar-refractivity contribution in [3.8, 4) is 0 Å². The van der Waals surface area contributed by atoms with E-state index >= 15 is 0 Å². The van der Waals surface area contributed by atoms with E-state index in [2.05, 4.69) is 0 Å². The molecule has 0 aromatic rings. The summed E-state index contributed by atoms with van der Waals surface area (Å²) in [7, 11) is 0. The summed E-state index contributed by atoms with van der Waals surface area (Å²) in [6.45, 7) is 0. The van der Waals surface area contributed by atoms with E-state index in [0.717, 1.165) is 0 Å². The number of nitro groups is 1. The molecule has 0 fully saturated rings. The first-order chi connectivity index (χ1) is 6.37. The smallest absolute Gasteiger partial charge is 0.258 e. The van der Waals surface area contributed by atoms with Crippen molar-refractivity contribution in [2.75, 3.05) is 0 Å². The molecule has 0 spiro atoms. The summed E-state index contributed by atoms with van der Waals surface area (Å²) in [6.07, 6.45) is 0. The maximum Gasteiger partial charge on any atom is 0.318 e. The van der Waals surface area contributed by atoms with Crippen LogP contribution in [0.1, 0.15) is 0 Å². The Labute approximate surface area is 91.4 Å². The zero-order valence-corrected chi connectivity index (χ0v) is 8.47. The highest BCUT2D eigenvalue weighted by molar-refractivity contribution is 6.32. The third kappa shape index (κ3) is 1.72. The van der Waals surface area contributed by atoms with Crippen LogP contribution in [0.2, 0.25) is 0 Å². The average molecular weight is 268 g/mol. The van der Waals surface area contributed by atoms with E-state index < -0.39 is 37.1 Å². The van der Waals surface area contributed by atoms with Gasteiger partial charge in [-0.2, -0.15) is 5.12 Å². The molecule has 0 aromatic carbocycles. The molecule has 2 unspecified atom stereocenters. The van der Waals surface area contributed by atoms with Crippen molar-refractivity contribution in [1.82, 2.24) is 10.2 Å². The Morgan fingerprint density at radius 1 is 1.43 bits per heavy atom. The summed E-state index contributed by atoms with van der Waals surface area (Å²) in [5.41, 5.74) is -4.75. The molecule has 10 heteroatoms. The van der Waals surface area contributed by atoms with Crippen molar-refractivity contribution in [2.24, 2.45) is 0 Å². The number of halogens is 5. The lowest BCUT2D eigenvalue weighted by atomic mass is 10.4. The van der Waals surface area contributed by atoms with Crippen LogP contribution in [0.3, 0.4) is 0 Å². The molecule has 2 atom stereocenters. The summed E-state index contributed by atoms with van der Waals surface area (Å²) in [4.78, 5) is 9.24. The highest BCUT2D eigenvalue weighted by atomic mass is 35.5. The lowest BCUT2D eigenvalue weighted by Crippen LogP contribution is -2.46. The molecule has 0 amide bonds. The van der Waals surface area contributed by atoms with Crippen LogP contribution < -0.4 is 0 Å². The van der Waals surface area contributed by atoms with Crippen LogP contribution in [0, 0.1) is 10.1 Å². The predicted octanol–water partition coefficient (Wildman–Crippen LogP) is 2.14. The third-order valence-corrected chi connectivity index (χ3v) is 2.53. The molecule has 0 radical (unpaired) electrons. The summed E-state index contributed by atoms with van der Waals surface area (Å²) < 4.78 is 25.8. The first-order valence-electron chi connectivity index (χ1n) is 3.09. The van der Waals surface area contributed by atoms with Gasteiger partial charge in [0, 0.05) is 0 Å². The molecule has 1 heterocycles. The zero-order valence-electron chi connectivity index (χ0n) is 6.20. The minimum absolute atomic E-state index is 0.437. The summed E-state index contributed by atoms with van der Waals surface area (Å²) in [6, 6.07) is 0. The quantitative estimate of drug-likeness (QED) is 0.240. The highest BCUT2D eigenvalue weighted by Gasteiger charge is 2.46. The van der Waals surface area contributed by atoms with Crippen LogP contribution >= 0.6 is 34.8 Å². The van der Waals surface area contributed by atoms with Crippen LogP contribution in [0.4, 0.5) is 8.96 Å². The Hall–Kier alpha value is -0.370. The topological polar surface area (TPSA) is 49.6 Å². The lowest BCUT2D eigenvalue weighted by molar-refractivity contribution is -0.438. The van der Waals surface area contributed by atoms with Crippen molar-refractivity contribution in [3.05, 3.63) is 21.0 Å². The predicted molar refractivity (Wildman–Crippen MR) is 45.0 cm³/mol. The Morgan fingerprint density at radius 2 is 1.93 bits per heavy atom. The van der Waals surface area contributed by atoms with Crippen molar-refractivity contribution in [3.63, 3.8) is 0 Å². The van der Waals surface area contributed by atoms with Crippen LogP contribution in [-0.4, -0.2) is 26.3 Å². The second kappa shape index (κ2) is 4.01. The van der Waals surface area contributed by atoms with E-state index in [1.807, 2.05) is 0 Å². The van der Waals surface area contributed by atoms with E-state index in [-0.39, 0.29) is 0 Å². The fourth-order valence-electron chi connectivity index (χ4n) is 0.785. The first kappa shape index (κ1) is 11.7. The zero-order chi connectivity index (χ0) is 11.0. The molecule has 0 aromatic heterocycles. The van der Waals surface area contributed by atoms with Gasteiger partial charge in [-0.15, -0.1) is 4.48 Å². The van der Waals surface area contributed by atoms with E-state index in [1.165, 1.54) is 0 Å². The van der Waals surface area contributed by atoms with Gasteiger partial charge in [0.1, 0.15) is 0 Å². The maximum atomic E-state index is 12.9. The number of hydrogen-bond acceptors (Lipinski definition) is 4. The second-order valence-electron chi connectivity index (χ2n) is 2.24. The lowest BCUT2D eigenvalue weighted by Gasteiger charge is -2.30. The van der Waals surface area contributed by atoms with Gasteiger partial charge in [-0.05, 0) is 0 Å². The van der Waals surface area contributed by atoms with Gasteiger partial charge in [0.15, 0.2) is 0 Å². The number of rotatable bonds is 1. The van der Waals surface area contributed by atoms with Crippen LogP contribution in [-0.2, 0) is 0 Å². The highest BCUT2D eigenvalue weighted by Crippen LogP contribution is 2.35. The Bertz CT molecular complexity index is 302. The van der Waals surface area contributed by atoms with Crippen molar-refractivity contribution in [1.29, 1.82) is 0 Å². The summed E-state index contributed by atoms with van der Waals surface area (Å²) >= 11 is 15.6. The van der Waals surface area contributed by atoms with Crippen LogP contribution in [0.25, 0.3) is 0 Å². The van der Waals surface area contributed by atoms with Gasteiger partial charge in [-0.1, -0.05) is 44.4 Å². The minimum atomic E-state index is -1.92. The monoisotopic (exact) mass is 267 g/mol. The Balaban J connectivity index is 3.17. The molecule has 0 saturated heterocycles. The minimum Gasteiger partial charge on any atom is -0.258 e. The average Bonchev–Trinajstić information content (AvgIpc) is 2.11. The van der Waals surface area contributed by atoms with E-state index in [9.17, 15) is 19.1 Å². The number of nitrogens with zero attached hydrogens (tertiary/aromatic N) is 3. The first-order valence-corrected chi connectivity index (χ1v) is 4.34. The molecule has 14 heavy (non-hydrogen) atoms. The van der Waals surface area contributed by atoms with Gasteiger partial charge < -0.3 is 0 Å². The molecular formula is C4H2Cl3F2N3O2. The molecule has 5 nitrogen and oxygen atoms in total. The number of alkyl halides is 2. The van der Waals surface area contributed by atoms with Gasteiger partial charge in [0.05, 0.1) is 4.92 Å². The normalized spacial score (nSPS) is 29.6. The third-order valence-electron chi connectivity index (χ3n) is 1.43. The molecule has 0 saturated carbocycles. The van der Waals surface area contributed by atoms with Crippen LogP contribution in [0.5, 0.6) is 0 Å². The second-order valence-corrected chi connectivity index (χ2v) is 3.40. The maximum absolute atomic E-state index is 12.9. The van der Waals surface area contributed by atoms with Crippen molar-refractivity contribution >= 4 is 34.8 Å². The molecule has 0 N–H and O–H groups in total. The van der Waals surface area contributed by atoms with E-state index in [4.69, 9.17) is 34.8 Å². The molecule has 1 rings (SSSR count). The fraction of sp³-hybridized carbons (Fsp3) is 0.500. The molecule has 0 bridgehead atoms. The van der Waals surface area contributed by atoms with Crippen molar-refractivity contribution < 1.29 is 13.9 Å². The standard InChI is InChI=1S/C4H2Cl3F2N3O2/c5-2-1(12(13)14)3(6)11(9)4(7)10(2)8/h2,4H.